The summed E-state index contributed by atoms with van der Waals surface area (Å²) < 4.78 is 0. The zero-order chi connectivity index (χ0) is 16.2. The van der Waals surface area contributed by atoms with Gasteiger partial charge in [-0.3, -0.25) is 4.79 Å². The molecular formula is C17H29N3O2. The van der Waals surface area contributed by atoms with E-state index in [-0.39, 0.29) is 23.5 Å². The van der Waals surface area contributed by atoms with Crippen molar-refractivity contribution in [2.45, 2.75) is 64.0 Å². The van der Waals surface area contributed by atoms with E-state index in [1.54, 1.807) is 0 Å². The van der Waals surface area contributed by atoms with Crippen molar-refractivity contribution in [3.8, 4) is 0 Å². The van der Waals surface area contributed by atoms with Crippen LogP contribution in [-0.2, 0) is 4.79 Å². The van der Waals surface area contributed by atoms with Crippen molar-refractivity contribution < 1.29 is 9.59 Å². The second kappa shape index (κ2) is 7.16. The number of hydrogen-bond donors (Lipinski definition) is 1. The lowest BCUT2D eigenvalue weighted by molar-refractivity contribution is -0.130. The molecule has 2 heterocycles. The number of rotatable bonds is 4. The van der Waals surface area contributed by atoms with Gasteiger partial charge in [-0.15, -0.1) is 6.58 Å². The molecule has 5 heteroatoms. The summed E-state index contributed by atoms with van der Waals surface area (Å²) in [5, 5.41) is 3.04. The number of hydrogen-bond acceptors (Lipinski definition) is 2. The first-order chi connectivity index (χ1) is 10.5. The van der Waals surface area contributed by atoms with Crippen molar-refractivity contribution in [3.63, 3.8) is 0 Å². The Labute approximate surface area is 133 Å². The number of carbonyl (C=O) groups excluding carboxylic acids is 2. The molecule has 2 saturated heterocycles. The highest BCUT2D eigenvalue weighted by Crippen LogP contribution is 2.38. The minimum atomic E-state index is -0.0589. The molecule has 0 aromatic heterocycles. The molecule has 124 valence electrons. The summed E-state index contributed by atoms with van der Waals surface area (Å²) in [6, 6.07) is 0.237. The van der Waals surface area contributed by atoms with Gasteiger partial charge in [-0.05, 0) is 39.0 Å². The molecule has 0 bridgehead atoms. The summed E-state index contributed by atoms with van der Waals surface area (Å²) in [6.07, 6.45) is 7.11. The summed E-state index contributed by atoms with van der Waals surface area (Å²) in [5.41, 5.74) is -0.0589. The third-order valence-corrected chi connectivity index (χ3v) is 5.18. The van der Waals surface area contributed by atoms with Crippen molar-refractivity contribution in [3.05, 3.63) is 12.7 Å². The third kappa shape index (κ3) is 3.45. The lowest BCUT2D eigenvalue weighted by Gasteiger charge is -2.37. The van der Waals surface area contributed by atoms with Crippen LogP contribution >= 0.6 is 0 Å². The topological polar surface area (TPSA) is 52.7 Å². The maximum atomic E-state index is 12.3. The molecule has 2 atom stereocenters. The van der Waals surface area contributed by atoms with Crippen LogP contribution in [0.3, 0.4) is 0 Å². The molecule has 5 nitrogen and oxygen atoms in total. The number of urea groups is 1. The maximum Gasteiger partial charge on any atom is 0.317 e. The van der Waals surface area contributed by atoms with Gasteiger partial charge in [-0.1, -0.05) is 13.0 Å². The zero-order valence-electron chi connectivity index (χ0n) is 13.9. The highest BCUT2D eigenvalue weighted by molar-refractivity contribution is 5.80. The Hall–Kier alpha value is -1.52. The summed E-state index contributed by atoms with van der Waals surface area (Å²) in [4.78, 5) is 28.4. The first kappa shape index (κ1) is 16.8. The van der Waals surface area contributed by atoms with Crippen LogP contribution in [0.2, 0.25) is 0 Å². The first-order valence-corrected chi connectivity index (χ1v) is 8.49. The Balaban J connectivity index is 2.01. The largest absolute Gasteiger partial charge is 0.336 e. The van der Waals surface area contributed by atoms with Gasteiger partial charge in [0.25, 0.3) is 0 Å². The molecule has 0 aliphatic carbocycles. The van der Waals surface area contributed by atoms with E-state index in [9.17, 15) is 9.59 Å². The van der Waals surface area contributed by atoms with E-state index in [4.69, 9.17) is 0 Å². The molecule has 0 unspecified atom stereocenters. The minimum absolute atomic E-state index is 0.0333. The average Bonchev–Trinajstić information content (AvgIpc) is 2.69. The smallest absolute Gasteiger partial charge is 0.317 e. The van der Waals surface area contributed by atoms with Crippen LogP contribution in [0, 0.1) is 0 Å². The molecule has 0 saturated carbocycles. The summed E-state index contributed by atoms with van der Waals surface area (Å²) in [7, 11) is 0. The number of likely N-dealkylation sites (tertiary alicyclic amines) is 2. The molecule has 2 aliphatic heterocycles. The number of amides is 3. The predicted molar refractivity (Wildman–Crippen MR) is 87.6 cm³/mol. The van der Waals surface area contributed by atoms with E-state index in [0.717, 1.165) is 45.2 Å². The van der Waals surface area contributed by atoms with E-state index < -0.39 is 0 Å². The van der Waals surface area contributed by atoms with Crippen molar-refractivity contribution in [1.29, 1.82) is 0 Å². The molecule has 2 fully saturated rings. The number of nitrogens with zero attached hydrogens (tertiary/aromatic N) is 2. The molecule has 0 aromatic rings. The van der Waals surface area contributed by atoms with Gasteiger partial charge in [0, 0.05) is 37.6 Å². The average molecular weight is 307 g/mol. The van der Waals surface area contributed by atoms with Gasteiger partial charge in [-0.25, -0.2) is 4.79 Å². The highest BCUT2D eigenvalue weighted by Gasteiger charge is 2.45. The van der Waals surface area contributed by atoms with E-state index in [0.29, 0.717) is 13.0 Å². The van der Waals surface area contributed by atoms with Crippen molar-refractivity contribution in [2.24, 2.45) is 0 Å². The Kier molecular flexibility index (Phi) is 5.48. The zero-order valence-corrected chi connectivity index (χ0v) is 13.9. The van der Waals surface area contributed by atoms with Gasteiger partial charge in [0.1, 0.15) is 0 Å². The van der Waals surface area contributed by atoms with Crippen LogP contribution in [0.5, 0.6) is 0 Å². The van der Waals surface area contributed by atoms with Gasteiger partial charge in [-0.2, -0.15) is 0 Å². The van der Waals surface area contributed by atoms with Crippen molar-refractivity contribution in [1.82, 2.24) is 15.1 Å². The Morgan fingerprint density at radius 1 is 1.41 bits per heavy atom. The molecule has 2 aliphatic rings. The summed E-state index contributed by atoms with van der Waals surface area (Å²) >= 11 is 0. The Bertz CT molecular complexity index is 438. The third-order valence-electron chi connectivity index (χ3n) is 5.18. The fraction of sp³-hybridized carbons (Fsp3) is 0.765. The number of nitrogens with one attached hydrogen (secondary N) is 1. The molecule has 2 rings (SSSR count). The van der Waals surface area contributed by atoms with E-state index in [1.165, 1.54) is 0 Å². The first-order valence-electron chi connectivity index (χ1n) is 8.49. The van der Waals surface area contributed by atoms with E-state index in [2.05, 4.69) is 18.8 Å². The van der Waals surface area contributed by atoms with Crippen LogP contribution in [-0.4, -0.2) is 53.0 Å². The van der Waals surface area contributed by atoms with Crippen LogP contribution in [0.15, 0.2) is 12.7 Å². The molecule has 22 heavy (non-hydrogen) atoms. The van der Waals surface area contributed by atoms with Gasteiger partial charge in [0.2, 0.25) is 5.91 Å². The lowest BCUT2D eigenvalue weighted by atomic mass is 9.88. The van der Waals surface area contributed by atoms with Crippen LogP contribution in [0.4, 0.5) is 4.79 Å². The normalized spacial score (nSPS) is 26.9. The van der Waals surface area contributed by atoms with Crippen molar-refractivity contribution in [2.75, 3.05) is 19.6 Å². The van der Waals surface area contributed by atoms with Crippen LogP contribution in [0.1, 0.15) is 52.4 Å². The van der Waals surface area contributed by atoms with Gasteiger partial charge < -0.3 is 15.1 Å². The van der Waals surface area contributed by atoms with Gasteiger partial charge in [0.15, 0.2) is 0 Å². The van der Waals surface area contributed by atoms with E-state index in [1.807, 2.05) is 22.8 Å². The van der Waals surface area contributed by atoms with Crippen molar-refractivity contribution >= 4 is 11.9 Å². The minimum Gasteiger partial charge on any atom is -0.336 e. The van der Waals surface area contributed by atoms with E-state index >= 15 is 0 Å². The number of carbonyl (C=O) groups is 2. The maximum absolute atomic E-state index is 12.3. The summed E-state index contributed by atoms with van der Waals surface area (Å²) in [6.45, 7) is 10.00. The monoisotopic (exact) mass is 307 g/mol. The SMILES string of the molecule is C=CCN1C(=O)CC[C@]12CCCN(C(=O)N[C@H](C)CC)CC2. The highest BCUT2D eigenvalue weighted by atomic mass is 16.2. The van der Waals surface area contributed by atoms with Gasteiger partial charge >= 0.3 is 6.03 Å². The molecule has 3 amide bonds. The quantitative estimate of drug-likeness (QED) is 0.811. The molecular weight excluding hydrogens is 278 g/mol. The Morgan fingerprint density at radius 3 is 2.86 bits per heavy atom. The fourth-order valence-electron chi connectivity index (χ4n) is 3.60. The second-order valence-electron chi connectivity index (χ2n) is 6.62. The lowest BCUT2D eigenvalue weighted by Crippen LogP contribution is -2.47. The fourth-order valence-corrected chi connectivity index (χ4v) is 3.60. The molecule has 0 aromatic carbocycles. The standard InChI is InChI=1S/C17H29N3O2/c1-4-11-20-15(21)7-9-17(20)8-6-12-19(13-10-17)16(22)18-14(3)5-2/h4,14H,1,5-13H2,2-3H3,(H,18,22)/t14-,17+/m1/s1. The Morgan fingerprint density at radius 2 is 2.18 bits per heavy atom. The molecule has 1 spiro atoms. The second-order valence-corrected chi connectivity index (χ2v) is 6.62. The molecule has 1 N–H and O–H groups in total. The summed E-state index contributed by atoms with van der Waals surface area (Å²) in [5.74, 6) is 0.234. The van der Waals surface area contributed by atoms with Crippen LogP contribution in [0.25, 0.3) is 0 Å². The van der Waals surface area contributed by atoms with Gasteiger partial charge in [0.05, 0.1) is 0 Å². The predicted octanol–water partition coefficient (Wildman–Crippen LogP) is 2.53. The van der Waals surface area contributed by atoms with Crippen LogP contribution < -0.4 is 5.32 Å². The molecule has 0 radical (unpaired) electrons.